The van der Waals surface area contributed by atoms with E-state index in [1.54, 1.807) is 18.2 Å². The SMILES string of the molecule is COc1cccc(CNC(=O)Nc2cccc3ccccc23)c1O. The molecule has 0 atom stereocenters. The number of para-hydroxylation sites is 1. The maximum absolute atomic E-state index is 12.2. The number of carbonyl (C=O) groups excluding carboxylic acids is 1. The first-order valence-electron chi connectivity index (χ1n) is 7.56. The molecule has 3 aromatic rings. The molecule has 5 heteroatoms. The van der Waals surface area contributed by atoms with Gasteiger partial charge in [-0.2, -0.15) is 0 Å². The van der Waals surface area contributed by atoms with Gasteiger partial charge in [0.05, 0.1) is 12.8 Å². The molecule has 0 fully saturated rings. The van der Waals surface area contributed by atoms with Crippen LogP contribution in [0.4, 0.5) is 10.5 Å². The van der Waals surface area contributed by atoms with Crippen LogP contribution < -0.4 is 15.4 Å². The number of ether oxygens (including phenoxy) is 1. The van der Waals surface area contributed by atoms with Crippen molar-refractivity contribution in [3.8, 4) is 11.5 Å². The number of urea groups is 1. The second-order valence-electron chi connectivity index (χ2n) is 5.30. The van der Waals surface area contributed by atoms with Gasteiger partial charge in [0.15, 0.2) is 11.5 Å². The number of rotatable bonds is 4. The Morgan fingerprint density at radius 3 is 2.62 bits per heavy atom. The summed E-state index contributed by atoms with van der Waals surface area (Å²) in [6.07, 6.45) is 0. The van der Waals surface area contributed by atoms with Gasteiger partial charge in [0.1, 0.15) is 0 Å². The van der Waals surface area contributed by atoms with Gasteiger partial charge in [-0.05, 0) is 17.5 Å². The Balaban J connectivity index is 1.70. The molecule has 0 unspecified atom stereocenters. The van der Waals surface area contributed by atoms with Crippen molar-refractivity contribution in [3.63, 3.8) is 0 Å². The van der Waals surface area contributed by atoms with Crippen LogP contribution in [-0.2, 0) is 6.54 Å². The van der Waals surface area contributed by atoms with Crippen molar-refractivity contribution in [2.45, 2.75) is 6.54 Å². The fourth-order valence-corrected chi connectivity index (χ4v) is 2.55. The number of nitrogens with one attached hydrogen (secondary N) is 2. The molecule has 0 spiro atoms. The Morgan fingerprint density at radius 1 is 1.04 bits per heavy atom. The van der Waals surface area contributed by atoms with Gasteiger partial charge in [-0.25, -0.2) is 4.79 Å². The van der Waals surface area contributed by atoms with E-state index >= 15 is 0 Å². The third kappa shape index (κ3) is 3.25. The van der Waals surface area contributed by atoms with Gasteiger partial charge in [-0.15, -0.1) is 0 Å². The van der Waals surface area contributed by atoms with Crippen molar-refractivity contribution in [1.29, 1.82) is 0 Å². The minimum Gasteiger partial charge on any atom is -0.504 e. The Morgan fingerprint density at radius 2 is 1.79 bits per heavy atom. The van der Waals surface area contributed by atoms with Gasteiger partial charge >= 0.3 is 6.03 Å². The Hall–Kier alpha value is -3.21. The Kier molecular flexibility index (Phi) is 4.52. The Bertz CT molecular complexity index is 872. The van der Waals surface area contributed by atoms with Crippen molar-refractivity contribution in [3.05, 3.63) is 66.2 Å². The standard InChI is InChI=1S/C19H18N2O3/c1-24-17-11-5-8-14(18(17)22)12-20-19(23)21-16-10-4-7-13-6-2-3-9-15(13)16/h2-11,22H,12H2,1H3,(H2,20,21,23). The van der Waals surface area contributed by atoms with Gasteiger partial charge in [0.2, 0.25) is 0 Å². The minimum absolute atomic E-state index is 0.0328. The molecule has 0 aliphatic rings. The number of phenolic OH excluding ortho intramolecular Hbond substituents is 1. The lowest BCUT2D eigenvalue weighted by Gasteiger charge is -2.12. The molecule has 5 nitrogen and oxygen atoms in total. The van der Waals surface area contributed by atoms with Crippen molar-refractivity contribution < 1.29 is 14.6 Å². The molecule has 2 amide bonds. The lowest BCUT2D eigenvalue weighted by molar-refractivity contribution is 0.251. The van der Waals surface area contributed by atoms with Crippen LogP contribution in [0.1, 0.15) is 5.56 Å². The zero-order valence-electron chi connectivity index (χ0n) is 13.2. The average molecular weight is 322 g/mol. The number of hydrogen-bond donors (Lipinski definition) is 3. The molecule has 0 heterocycles. The highest BCUT2D eigenvalue weighted by atomic mass is 16.5. The number of methoxy groups -OCH3 is 1. The van der Waals surface area contributed by atoms with Gasteiger partial charge in [0.25, 0.3) is 0 Å². The monoisotopic (exact) mass is 322 g/mol. The molecule has 0 radical (unpaired) electrons. The van der Waals surface area contributed by atoms with Crippen LogP contribution in [0, 0.1) is 0 Å². The first-order valence-corrected chi connectivity index (χ1v) is 7.56. The molecule has 0 aliphatic heterocycles. The third-order valence-corrected chi connectivity index (χ3v) is 3.78. The zero-order chi connectivity index (χ0) is 16.9. The second-order valence-corrected chi connectivity index (χ2v) is 5.30. The predicted molar refractivity (Wildman–Crippen MR) is 94.5 cm³/mol. The van der Waals surface area contributed by atoms with Crippen LogP contribution in [0.25, 0.3) is 10.8 Å². The predicted octanol–water partition coefficient (Wildman–Crippen LogP) is 3.88. The molecule has 24 heavy (non-hydrogen) atoms. The number of fused-ring (bicyclic) bond motifs is 1. The maximum atomic E-state index is 12.2. The highest BCUT2D eigenvalue weighted by Gasteiger charge is 2.09. The fourth-order valence-electron chi connectivity index (χ4n) is 2.55. The van der Waals surface area contributed by atoms with Crippen LogP contribution in [-0.4, -0.2) is 18.2 Å². The van der Waals surface area contributed by atoms with E-state index in [1.807, 2.05) is 42.5 Å². The van der Waals surface area contributed by atoms with Crippen molar-refractivity contribution in [2.75, 3.05) is 12.4 Å². The summed E-state index contributed by atoms with van der Waals surface area (Å²) >= 11 is 0. The van der Waals surface area contributed by atoms with Gasteiger partial charge in [-0.1, -0.05) is 48.5 Å². The van der Waals surface area contributed by atoms with Gasteiger partial charge in [-0.3, -0.25) is 0 Å². The summed E-state index contributed by atoms with van der Waals surface area (Å²) in [6, 6.07) is 18.4. The van der Waals surface area contributed by atoms with Crippen LogP contribution in [0.5, 0.6) is 11.5 Å². The van der Waals surface area contributed by atoms with Gasteiger partial charge in [0, 0.05) is 17.5 Å². The number of hydrogen-bond acceptors (Lipinski definition) is 3. The molecule has 0 saturated heterocycles. The summed E-state index contributed by atoms with van der Waals surface area (Å²) in [4.78, 5) is 12.2. The van der Waals surface area contributed by atoms with E-state index in [-0.39, 0.29) is 18.3 Å². The summed E-state index contributed by atoms with van der Waals surface area (Å²) in [5, 5.41) is 17.6. The number of phenols is 1. The highest BCUT2D eigenvalue weighted by Crippen LogP contribution is 2.29. The smallest absolute Gasteiger partial charge is 0.319 e. The number of amides is 2. The Labute approximate surface area is 139 Å². The largest absolute Gasteiger partial charge is 0.504 e. The molecule has 3 N–H and O–H groups in total. The second kappa shape index (κ2) is 6.91. The van der Waals surface area contributed by atoms with E-state index in [4.69, 9.17) is 4.74 Å². The van der Waals surface area contributed by atoms with Crippen molar-refractivity contribution >= 4 is 22.5 Å². The molecule has 122 valence electrons. The highest BCUT2D eigenvalue weighted by molar-refractivity contribution is 6.01. The lowest BCUT2D eigenvalue weighted by Crippen LogP contribution is -2.28. The number of carbonyl (C=O) groups is 1. The van der Waals surface area contributed by atoms with E-state index in [0.717, 1.165) is 16.5 Å². The summed E-state index contributed by atoms with van der Waals surface area (Å²) in [5.74, 6) is 0.411. The average Bonchev–Trinajstić information content (AvgIpc) is 2.61. The lowest BCUT2D eigenvalue weighted by atomic mass is 10.1. The van der Waals surface area contributed by atoms with E-state index in [1.165, 1.54) is 7.11 Å². The van der Waals surface area contributed by atoms with E-state index in [0.29, 0.717) is 11.3 Å². The summed E-state index contributed by atoms with van der Waals surface area (Å²) in [7, 11) is 1.49. The van der Waals surface area contributed by atoms with Crippen LogP contribution in [0.2, 0.25) is 0 Å². The summed E-state index contributed by atoms with van der Waals surface area (Å²) in [5.41, 5.74) is 1.32. The van der Waals surface area contributed by atoms with E-state index in [2.05, 4.69) is 10.6 Å². The molecule has 3 aromatic carbocycles. The molecule has 0 aromatic heterocycles. The first-order chi connectivity index (χ1) is 11.7. The molecule has 0 bridgehead atoms. The van der Waals surface area contributed by atoms with Crippen molar-refractivity contribution in [1.82, 2.24) is 5.32 Å². The van der Waals surface area contributed by atoms with E-state index < -0.39 is 0 Å². The molecule has 0 saturated carbocycles. The van der Waals surface area contributed by atoms with Crippen LogP contribution in [0.15, 0.2) is 60.7 Å². The minimum atomic E-state index is -0.339. The van der Waals surface area contributed by atoms with E-state index in [9.17, 15) is 9.90 Å². The topological polar surface area (TPSA) is 70.6 Å². The molecule has 3 rings (SSSR count). The zero-order valence-corrected chi connectivity index (χ0v) is 13.2. The maximum Gasteiger partial charge on any atom is 0.319 e. The third-order valence-electron chi connectivity index (χ3n) is 3.78. The number of benzene rings is 3. The fraction of sp³-hybridized carbons (Fsp3) is 0.105. The van der Waals surface area contributed by atoms with Crippen LogP contribution in [0.3, 0.4) is 0 Å². The number of anilines is 1. The summed E-state index contributed by atoms with van der Waals surface area (Å²) < 4.78 is 5.06. The molecule has 0 aliphatic carbocycles. The normalized spacial score (nSPS) is 10.4. The summed E-state index contributed by atoms with van der Waals surface area (Å²) in [6.45, 7) is 0.194. The molecular formula is C19H18N2O3. The van der Waals surface area contributed by atoms with Crippen LogP contribution >= 0.6 is 0 Å². The first kappa shape index (κ1) is 15.7. The molecular weight excluding hydrogens is 304 g/mol. The number of aromatic hydroxyl groups is 1. The van der Waals surface area contributed by atoms with Gasteiger partial charge < -0.3 is 20.5 Å². The quantitative estimate of drug-likeness (QED) is 0.683. The van der Waals surface area contributed by atoms with Crippen molar-refractivity contribution in [2.24, 2.45) is 0 Å².